The van der Waals surface area contributed by atoms with Gasteiger partial charge < -0.3 is 10.6 Å². The predicted molar refractivity (Wildman–Crippen MR) is 110 cm³/mol. The van der Waals surface area contributed by atoms with Crippen LogP contribution in [0.2, 0.25) is 0 Å². The average Bonchev–Trinajstić information content (AvgIpc) is 2.96. The van der Waals surface area contributed by atoms with Crippen LogP contribution >= 0.6 is 11.8 Å². The molecule has 1 heterocycles. The molecule has 138 valence electrons. The van der Waals surface area contributed by atoms with Crippen LogP contribution in [0.5, 0.6) is 0 Å². The van der Waals surface area contributed by atoms with Crippen molar-refractivity contribution < 1.29 is 4.79 Å². The Morgan fingerprint density at radius 2 is 1.63 bits per heavy atom. The largest absolute Gasteiger partial charge is 0.330 e. The van der Waals surface area contributed by atoms with Crippen molar-refractivity contribution in [2.75, 3.05) is 18.8 Å². The van der Waals surface area contributed by atoms with Gasteiger partial charge >= 0.3 is 0 Å². The summed E-state index contributed by atoms with van der Waals surface area (Å²) in [4.78, 5) is 15.6. The van der Waals surface area contributed by atoms with E-state index in [4.69, 9.17) is 5.73 Å². The van der Waals surface area contributed by atoms with Crippen molar-refractivity contribution in [1.29, 1.82) is 5.26 Å². The molecule has 0 unspecified atom stereocenters. The standard InChI is InChI=1S/C22H23N3OS/c1-2-27-20-19(16-24)22(17-10-5-3-6-11-17,18-12-7-4-8-13-18)21(26)25(20)15-9-14-23/h3-8,10-13H,2,9,14-15,23H2,1H3. The Balaban J connectivity index is 2.32. The molecule has 0 saturated carbocycles. The molecule has 27 heavy (non-hydrogen) atoms. The van der Waals surface area contributed by atoms with Gasteiger partial charge in [0.1, 0.15) is 5.41 Å². The number of carbonyl (C=O) groups is 1. The van der Waals surface area contributed by atoms with Crippen molar-refractivity contribution in [1.82, 2.24) is 4.90 Å². The first-order valence-electron chi connectivity index (χ1n) is 9.12. The lowest BCUT2D eigenvalue weighted by molar-refractivity contribution is -0.130. The molecule has 1 amide bonds. The maximum Gasteiger partial charge on any atom is 0.247 e. The van der Waals surface area contributed by atoms with Gasteiger partial charge in [-0.3, -0.25) is 4.79 Å². The maximum absolute atomic E-state index is 13.9. The first kappa shape index (κ1) is 19.2. The minimum Gasteiger partial charge on any atom is -0.330 e. The second-order valence-electron chi connectivity index (χ2n) is 6.31. The van der Waals surface area contributed by atoms with Gasteiger partial charge in [-0.25, -0.2) is 0 Å². The number of carbonyl (C=O) groups excluding carboxylic acids is 1. The summed E-state index contributed by atoms with van der Waals surface area (Å²) >= 11 is 1.55. The van der Waals surface area contributed by atoms with Crippen LogP contribution in [0.1, 0.15) is 24.5 Å². The zero-order valence-electron chi connectivity index (χ0n) is 15.4. The summed E-state index contributed by atoms with van der Waals surface area (Å²) in [5, 5.41) is 10.9. The molecule has 1 aliphatic rings. The molecule has 0 spiro atoms. The second-order valence-corrected chi connectivity index (χ2v) is 7.56. The average molecular weight is 378 g/mol. The summed E-state index contributed by atoms with van der Waals surface area (Å²) in [5.74, 6) is 0.716. The van der Waals surface area contributed by atoms with Crippen LogP contribution < -0.4 is 5.73 Å². The first-order valence-corrected chi connectivity index (χ1v) is 10.1. The minimum atomic E-state index is -1.11. The van der Waals surface area contributed by atoms with Crippen LogP contribution in [0.25, 0.3) is 0 Å². The fourth-order valence-corrected chi connectivity index (χ4v) is 4.59. The third-order valence-electron chi connectivity index (χ3n) is 4.79. The van der Waals surface area contributed by atoms with Crippen molar-refractivity contribution in [3.8, 4) is 6.07 Å². The first-order chi connectivity index (χ1) is 13.2. The summed E-state index contributed by atoms with van der Waals surface area (Å²) in [6.07, 6.45) is 0.692. The van der Waals surface area contributed by atoms with E-state index in [1.807, 2.05) is 67.6 Å². The van der Waals surface area contributed by atoms with Crippen LogP contribution in [-0.2, 0) is 10.2 Å². The molecular weight excluding hydrogens is 354 g/mol. The summed E-state index contributed by atoms with van der Waals surface area (Å²) in [7, 11) is 0. The van der Waals surface area contributed by atoms with Crippen LogP contribution in [0, 0.1) is 11.3 Å². The molecule has 5 heteroatoms. The number of nitrogens with two attached hydrogens (primary N) is 1. The third-order valence-corrected chi connectivity index (χ3v) is 5.78. The quantitative estimate of drug-likeness (QED) is 0.799. The summed E-state index contributed by atoms with van der Waals surface area (Å²) in [5.41, 5.74) is 6.75. The molecule has 2 aromatic rings. The number of amides is 1. The zero-order chi connectivity index (χ0) is 19.3. The van der Waals surface area contributed by atoms with Crippen LogP contribution in [0.4, 0.5) is 0 Å². The van der Waals surface area contributed by atoms with Gasteiger partial charge in [-0.2, -0.15) is 5.26 Å². The molecule has 0 saturated heterocycles. The van der Waals surface area contributed by atoms with Crippen molar-refractivity contribution >= 4 is 17.7 Å². The van der Waals surface area contributed by atoms with Crippen LogP contribution in [0.3, 0.4) is 0 Å². The molecule has 0 atom stereocenters. The second kappa shape index (κ2) is 8.43. The molecule has 0 aromatic heterocycles. The topological polar surface area (TPSA) is 70.1 Å². The van der Waals surface area contributed by atoms with Gasteiger partial charge in [0.2, 0.25) is 5.91 Å². The van der Waals surface area contributed by atoms with E-state index in [-0.39, 0.29) is 5.91 Å². The molecule has 3 rings (SSSR count). The van der Waals surface area contributed by atoms with Gasteiger partial charge in [-0.05, 0) is 29.8 Å². The lowest BCUT2D eigenvalue weighted by Crippen LogP contribution is -2.42. The molecule has 0 bridgehead atoms. The molecular formula is C22H23N3OS. The van der Waals surface area contributed by atoms with Crippen LogP contribution in [0.15, 0.2) is 71.3 Å². The van der Waals surface area contributed by atoms with E-state index in [2.05, 4.69) is 6.07 Å². The highest BCUT2D eigenvalue weighted by Crippen LogP contribution is 2.50. The fraction of sp³-hybridized carbons (Fsp3) is 0.273. The lowest BCUT2D eigenvalue weighted by Gasteiger charge is -2.30. The minimum absolute atomic E-state index is 0.0687. The highest BCUT2D eigenvalue weighted by atomic mass is 32.2. The van der Waals surface area contributed by atoms with Gasteiger partial charge in [0.05, 0.1) is 16.7 Å². The molecule has 0 radical (unpaired) electrons. The van der Waals surface area contributed by atoms with Gasteiger partial charge in [0.25, 0.3) is 0 Å². The maximum atomic E-state index is 13.9. The van der Waals surface area contributed by atoms with Crippen molar-refractivity contribution in [3.63, 3.8) is 0 Å². The third kappa shape index (κ3) is 3.16. The van der Waals surface area contributed by atoms with E-state index in [1.165, 1.54) is 0 Å². The number of benzene rings is 2. The fourth-order valence-electron chi connectivity index (χ4n) is 3.65. The Morgan fingerprint density at radius 1 is 1.07 bits per heavy atom. The summed E-state index contributed by atoms with van der Waals surface area (Å²) < 4.78 is 0. The molecule has 0 aliphatic carbocycles. The van der Waals surface area contributed by atoms with Gasteiger partial charge in [0, 0.05) is 6.54 Å². The Kier molecular flexibility index (Phi) is 6.00. The number of nitriles is 1. The smallest absolute Gasteiger partial charge is 0.247 e. The van der Waals surface area contributed by atoms with Crippen LogP contribution in [-0.4, -0.2) is 29.6 Å². The Morgan fingerprint density at radius 3 is 2.07 bits per heavy atom. The number of thioether (sulfide) groups is 1. The van der Waals surface area contributed by atoms with Crippen molar-refractivity contribution in [2.45, 2.75) is 18.8 Å². The highest BCUT2D eigenvalue weighted by molar-refractivity contribution is 8.03. The van der Waals surface area contributed by atoms with E-state index in [0.717, 1.165) is 21.9 Å². The number of hydrogen-bond donors (Lipinski definition) is 1. The van der Waals surface area contributed by atoms with E-state index >= 15 is 0 Å². The summed E-state index contributed by atoms with van der Waals surface area (Å²) in [6, 6.07) is 21.6. The van der Waals surface area contributed by atoms with E-state index in [9.17, 15) is 10.1 Å². The zero-order valence-corrected chi connectivity index (χ0v) is 16.2. The Labute approximate surface area is 164 Å². The van der Waals surface area contributed by atoms with E-state index < -0.39 is 5.41 Å². The normalized spacial score (nSPS) is 15.9. The number of rotatable bonds is 7. The van der Waals surface area contributed by atoms with Crippen molar-refractivity contribution in [2.24, 2.45) is 5.73 Å². The molecule has 2 N–H and O–H groups in total. The Hall–Kier alpha value is -2.55. The van der Waals surface area contributed by atoms with Crippen molar-refractivity contribution in [3.05, 3.63) is 82.4 Å². The highest BCUT2D eigenvalue weighted by Gasteiger charge is 2.55. The molecule has 2 aromatic carbocycles. The molecule has 1 aliphatic heterocycles. The summed E-state index contributed by atoms with van der Waals surface area (Å²) in [6.45, 7) is 3.05. The lowest BCUT2D eigenvalue weighted by atomic mass is 9.70. The van der Waals surface area contributed by atoms with Gasteiger partial charge in [0.15, 0.2) is 0 Å². The SMILES string of the molecule is CCSC1=C(C#N)C(c2ccccc2)(c2ccccc2)C(=O)N1CCCN. The monoisotopic (exact) mass is 377 g/mol. The molecule has 4 nitrogen and oxygen atoms in total. The van der Waals surface area contributed by atoms with E-state index in [1.54, 1.807) is 16.7 Å². The van der Waals surface area contributed by atoms with Gasteiger partial charge in [-0.1, -0.05) is 67.6 Å². The predicted octanol–water partition coefficient (Wildman–Crippen LogP) is 3.65. The number of nitrogens with zero attached hydrogens (tertiary/aromatic N) is 2. The van der Waals surface area contributed by atoms with Gasteiger partial charge in [-0.15, -0.1) is 11.8 Å². The van der Waals surface area contributed by atoms with E-state index in [0.29, 0.717) is 25.1 Å². The molecule has 0 fully saturated rings. The number of hydrogen-bond acceptors (Lipinski definition) is 4. The Bertz CT molecular complexity index is 832.